The molecule has 0 aliphatic heterocycles. The van der Waals surface area contributed by atoms with Crippen molar-refractivity contribution in [1.29, 1.82) is 0 Å². The van der Waals surface area contributed by atoms with E-state index in [1.165, 1.54) is 24.3 Å². The van der Waals surface area contributed by atoms with Gasteiger partial charge in [-0.15, -0.1) is 0 Å². The second-order valence-electron chi connectivity index (χ2n) is 8.89. The molecule has 1 amide bonds. The van der Waals surface area contributed by atoms with Gasteiger partial charge in [0.05, 0.1) is 28.3 Å². The molecule has 0 aliphatic rings. The summed E-state index contributed by atoms with van der Waals surface area (Å²) in [6.45, 7) is 12.1. The van der Waals surface area contributed by atoms with Crippen LogP contribution in [0.15, 0.2) is 30.3 Å². The predicted molar refractivity (Wildman–Crippen MR) is 115 cm³/mol. The largest absolute Gasteiger partial charge is 0.387 e. The summed E-state index contributed by atoms with van der Waals surface area (Å²) in [7, 11) is 0. The van der Waals surface area contributed by atoms with Crippen LogP contribution >= 0.6 is 0 Å². The van der Waals surface area contributed by atoms with Crippen LogP contribution in [-0.4, -0.2) is 32.3 Å². The first-order chi connectivity index (χ1) is 14.0. The van der Waals surface area contributed by atoms with Gasteiger partial charge in [-0.2, -0.15) is 5.10 Å². The number of hydrogen-bond donors (Lipinski definition) is 2. The smallest absolute Gasteiger partial charge is 0.252 e. The van der Waals surface area contributed by atoms with Crippen LogP contribution in [0, 0.1) is 12.7 Å². The molecule has 7 heteroatoms. The predicted octanol–water partition coefficient (Wildman–Crippen LogP) is 4.22. The molecule has 1 atom stereocenters. The first-order valence-electron chi connectivity index (χ1n) is 10.1. The van der Waals surface area contributed by atoms with Crippen LogP contribution in [-0.2, 0) is 5.54 Å². The van der Waals surface area contributed by atoms with Crippen molar-refractivity contribution in [2.75, 3.05) is 6.54 Å². The van der Waals surface area contributed by atoms with E-state index in [1.54, 1.807) is 6.07 Å². The Bertz CT molecular complexity index is 1070. The first kappa shape index (κ1) is 21.9. The van der Waals surface area contributed by atoms with Crippen LogP contribution in [0.25, 0.3) is 11.0 Å². The van der Waals surface area contributed by atoms with E-state index in [0.717, 1.165) is 11.4 Å². The molecule has 0 saturated heterocycles. The number of aliphatic hydroxyl groups excluding tert-OH is 1. The van der Waals surface area contributed by atoms with Gasteiger partial charge in [0.2, 0.25) is 0 Å². The third-order valence-electron chi connectivity index (χ3n) is 5.01. The van der Waals surface area contributed by atoms with Gasteiger partial charge in [-0.1, -0.05) is 26.0 Å². The van der Waals surface area contributed by atoms with Gasteiger partial charge in [0.1, 0.15) is 5.82 Å². The normalized spacial score (nSPS) is 13.1. The fourth-order valence-electron chi connectivity index (χ4n) is 3.34. The van der Waals surface area contributed by atoms with Crippen LogP contribution in [0.3, 0.4) is 0 Å². The zero-order valence-corrected chi connectivity index (χ0v) is 18.3. The van der Waals surface area contributed by atoms with Gasteiger partial charge in [0.15, 0.2) is 5.65 Å². The van der Waals surface area contributed by atoms with Crippen molar-refractivity contribution in [1.82, 2.24) is 20.1 Å². The average Bonchev–Trinajstić information content (AvgIpc) is 3.02. The number of benzene rings is 1. The molecular formula is C23H29FN4O2. The quantitative estimate of drug-likeness (QED) is 0.658. The maximum atomic E-state index is 13.1. The molecule has 3 rings (SSSR count). The first-order valence-corrected chi connectivity index (χ1v) is 10.1. The van der Waals surface area contributed by atoms with Crippen molar-refractivity contribution in [2.45, 2.75) is 59.1 Å². The monoisotopic (exact) mass is 412 g/mol. The Labute approximate surface area is 176 Å². The molecular weight excluding hydrogens is 383 g/mol. The average molecular weight is 413 g/mol. The van der Waals surface area contributed by atoms with Gasteiger partial charge in [-0.05, 0) is 57.4 Å². The molecule has 2 aromatic heterocycles. The molecule has 0 fully saturated rings. The van der Waals surface area contributed by atoms with Gasteiger partial charge in [0, 0.05) is 12.2 Å². The third-order valence-corrected chi connectivity index (χ3v) is 5.01. The van der Waals surface area contributed by atoms with E-state index in [1.807, 2.05) is 46.2 Å². The van der Waals surface area contributed by atoms with E-state index in [0.29, 0.717) is 22.2 Å². The summed E-state index contributed by atoms with van der Waals surface area (Å²) in [6.07, 6.45) is -0.935. The number of fused-ring (bicyclic) bond motifs is 1. The number of nitrogens with zero attached hydrogens (tertiary/aromatic N) is 3. The molecule has 1 unspecified atom stereocenters. The Hall–Kier alpha value is -2.80. The van der Waals surface area contributed by atoms with E-state index < -0.39 is 6.10 Å². The number of aromatic nitrogens is 3. The van der Waals surface area contributed by atoms with Crippen molar-refractivity contribution in [2.24, 2.45) is 0 Å². The fourth-order valence-corrected chi connectivity index (χ4v) is 3.34. The molecule has 1 aromatic carbocycles. The number of hydrogen-bond acceptors (Lipinski definition) is 4. The SMILES string of the molecule is Cc1nn(C(C)(C)C)c2nc(C(C)C)cc(C(=O)NCC(O)c3ccc(F)cc3)c12. The van der Waals surface area contributed by atoms with Gasteiger partial charge in [-0.3, -0.25) is 4.79 Å². The minimum Gasteiger partial charge on any atom is -0.387 e. The number of halogens is 1. The summed E-state index contributed by atoms with van der Waals surface area (Å²) < 4.78 is 15.0. The lowest BCUT2D eigenvalue weighted by molar-refractivity contribution is 0.0917. The standard InChI is InChI=1S/C23H29FN4O2/c1-13(2)18-11-17(20-14(3)27-28(21(20)26-18)23(4,5)6)22(30)25-12-19(29)15-7-9-16(24)10-8-15/h7-11,13,19,29H,12H2,1-6H3,(H,25,30). The van der Waals surface area contributed by atoms with Crippen LogP contribution < -0.4 is 5.32 Å². The van der Waals surface area contributed by atoms with E-state index in [-0.39, 0.29) is 29.7 Å². The van der Waals surface area contributed by atoms with Gasteiger partial charge < -0.3 is 10.4 Å². The molecule has 0 aliphatic carbocycles. The number of aliphatic hydroxyl groups is 1. The zero-order valence-electron chi connectivity index (χ0n) is 18.3. The van der Waals surface area contributed by atoms with E-state index in [2.05, 4.69) is 10.4 Å². The van der Waals surface area contributed by atoms with Gasteiger partial charge in [0.25, 0.3) is 5.91 Å². The minimum atomic E-state index is -0.935. The molecule has 3 aromatic rings. The lowest BCUT2D eigenvalue weighted by atomic mass is 10.0. The molecule has 160 valence electrons. The highest BCUT2D eigenvalue weighted by Crippen LogP contribution is 2.29. The van der Waals surface area contributed by atoms with Crippen LogP contribution in [0.4, 0.5) is 4.39 Å². The molecule has 0 spiro atoms. The number of carbonyl (C=O) groups excluding carboxylic acids is 1. The van der Waals surface area contributed by atoms with Gasteiger partial charge in [-0.25, -0.2) is 14.1 Å². The zero-order chi connectivity index (χ0) is 22.2. The number of carbonyl (C=O) groups is 1. The Balaban J connectivity index is 1.96. The van der Waals surface area contributed by atoms with Crippen LogP contribution in [0.2, 0.25) is 0 Å². The van der Waals surface area contributed by atoms with Crippen molar-refractivity contribution in [3.05, 3.63) is 58.7 Å². The lowest BCUT2D eigenvalue weighted by Gasteiger charge is -2.20. The maximum absolute atomic E-state index is 13.1. The molecule has 0 saturated carbocycles. The molecule has 2 heterocycles. The maximum Gasteiger partial charge on any atom is 0.252 e. The highest BCUT2D eigenvalue weighted by atomic mass is 19.1. The second-order valence-corrected chi connectivity index (χ2v) is 8.89. The number of aryl methyl sites for hydroxylation is 1. The van der Waals surface area contributed by atoms with Gasteiger partial charge >= 0.3 is 0 Å². The molecule has 0 bridgehead atoms. The Morgan fingerprint density at radius 2 is 1.87 bits per heavy atom. The number of rotatable bonds is 5. The van der Waals surface area contributed by atoms with Crippen molar-refractivity contribution < 1.29 is 14.3 Å². The molecule has 2 N–H and O–H groups in total. The number of nitrogens with one attached hydrogen (secondary N) is 1. The summed E-state index contributed by atoms with van der Waals surface area (Å²) in [5, 5.41) is 18.5. The Kier molecular flexibility index (Phi) is 5.94. The highest BCUT2D eigenvalue weighted by Gasteiger charge is 2.25. The van der Waals surface area contributed by atoms with E-state index >= 15 is 0 Å². The molecule has 0 radical (unpaired) electrons. The van der Waals surface area contributed by atoms with Crippen LogP contribution in [0.1, 0.15) is 73.9 Å². The third kappa shape index (κ3) is 4.36. The van der Waals surface area contributed by atoms with Crippen molar-refractivity contribution in [3.63, 3.8) is 0 Å². The fraction of sp³-hybridized carbons (Fsp3) is 0.435. The Morgan fingerprint density at radius 3 is 2.43 bits per heavy atom. The summed E-state index contributed by atoms with van der Waals surface area (Å²) in [4.78, 5) is 17.9. The second kappa shape index (κ2) is 8.14. The topological polar surface area (TPSA) is 80.0 Å². The van der Waals surface area contributed by atoms with Crippen molar-refractivity contribution >= 4 is 16.9 Å². The van der Waals surface area contributed by atoms with Crippen LogP contribution in [0.5, 0.6) is 0 Å². The highest BCUT2D eigenvalue weighted by molar-refractivity contribution is 6.06. The van der Waals surface area contributed by atoms with Crippen molar-refractivity contribution in [3.8, 4) is 0 Å². The minimum absolute atomic E-state index is 0.0117. The summed E-state index contributed by atoms with van der Waals surface area (Å²) in [5.74, 6) is -0.543. The number of amides is 1. The summed E-state index contributed by atoms with van der Waals surface area (Å²) in [5.41, 5.74) is 2.94. The number of pyridine rings is 1. The molecule has 6 nitrogen and oxygen atoms in total. The lowest BCUT2D eigenvalue weighted by Crippen LogP contribution is -2.29. The van der Waals surface area contributed by atoms with E-state index in [9.17, 15) is 14.3 Å². The van der Waals surface area contributed by atoms with E-state index in [4.69, 9.17) is 4.98 Å². The summed E-state index contributed by atoms with van der Waals surface area (Å²) >= 11 is 0. The Morgan fingerprint density at radius 1 is 1.23 bits per heavy atom. The summed E-state index contributed by atoms with van der Waals surface area (Å²) in [6, 6.07) is 7.38. The molecule has 30 heavy (non-hydrogen) atoms.